The van der Waals surface area contributed by atoms with Gasteiger partial charge in [0.15, 0.2) is 0 Å². The minimum absolute atomic E-state index is 0.00705. The van der Waals surface area contributed by atoms with Gasteiger partial charge in [0.25, 0.3) is 5.91 Å². The second kappa shape index (κ2) is 8.69. The lowest BCUT2D eigenvalue weighted by atomic mass is 10.0. The maximum absolute atomic E-state index is 13.0. The van der Waals surface area contributed by atoms with Crippen LogP contribution < -0.4 is 5.32 Å². The van der Waals surface area contributed by atoms with Gasteiger partial charge < -0.3 is 10.1 Å². The smallest absolute Gasteiger partial charge is 0.251 e. The van der Waals surface area contributed by atoms with Gasteiger partial charge in [-0.1, -0.05) is 41.9 Å². The predicted molar refractivity (Wildman–Crippen MR) is 111 cm³/mol. The molecular formula is C22H22ClN3O2. The van der Waals surface area contributed by atoms with Gasteiger partial charge in [0.05, 0.1) is 24.9 Å². The summed E-state index contributed by atoms with van der Waals surface area (Å²) in [5.41, 5.74) is 1.58. The molecule has 28 heavy (non-hydrogen) atoms. The number of fused-ring (bicyclic) bond motifs is 1. The zero-order valence-corrected chi connectivity index (χ0v) is 16.2. The molecule has 6 heteroatoms. The van der Waals surface area contributed by atoms with Crippen molar-refractivity contribution in [3.63, 3.8) is 0 Å². The maximum Gasteiger partial charge on any atom is 0.251 e. The third-order valence-corrected chi connectivity index (χ3v) is 5.41. The molecule has 2 heterocycles. The Morgan fingerprint density at radius 1 is 1.07 bits per heavy atom. The Kier molecular flexibility index (Phi) is 5.86. The number of halogens is 1. The lowest BCUT2D eigenvalue weighted by molar-refractivity contribution is 0.0154. The number of aromatic nitrogens is 1. The Bertz CT molecular complexity index is 958. The molecule has 1 unspecified atom stereocenters. The first-order chi connectivity index (χ1) is 13.7. The molecular weight excluding hydrogens is 374 g/mol. The highest BCUT2D eigenvalue weighted by molar-refractivity contribution is 6.36. The van der Waals surface area contributed by atoms with Crippen molar-refractivity contribution in [2.24, 2.45) is 0 Å². The van der Waals surface area contributed by atoms with Gasteiger partial charge in [-0.25, -0.2) is 0 Å². The van der Waals surface area contributed by atoms with E-state index in [0.29, 0.717) is 30.3 Å². The summed E-state index contributed by atoms with van der Waals surface area (Å²) < 4.78 is 5.48. The summed E-state index contributed by atoms with van der Waals surface area (Å²) in [7, 11) is 0. The van der Waals surface area contributed by atoms with E-state index in [0.717, 1.165) is 29.6 Å². The number of benzene rings is 2. The second-order valence-electron chi connectivity index (χ2n) is 6.77. The lowest BCUT2D eigenvalue weighted by Crippen LogP contribution is -2.44. The van der Waals surface area contributed by atoms with Crippen molar-refractivity contribution in [3.05, 3.63) is 77.1 Å². The average Bonchev–Trinajstić information content (AvgIpc) is 2.75. The van der Waals surface area contributed by atoms with Crippen LogP contribution in [0.25, 0.3) is 10.8 Å². The molecule has 4 rings (SSSR count). The van der Waals surface area contributed by atoms with E-state index < -0.39 is 0 Å². The van der Waals surface area contributed by atoms with Crippen molar-refractivity contribution >= 4 is 28.3 Å². The largest absolute Gasteiger partial charge is 0.379 e. The number of hydrogen-bond donors (Lipinski definition) is 1. The van der Waals surface area contributed by atoms with Crippen LogP contribution in [0.1, 0.15) is 22.1 Å². The van der Waals surface area contributed by atoms with E-state index in [4.69, 9.17) is 16.3 Å². The molecule has 1 aliphatic heterocycles. The molecule has 0 bridgehead atoms. The van der Waals surface area contributed by atoms with Gasteiger partial charge in [0, 0.05) is 41.8 Å². The number of amides is 1. The standard InChI is InChI=1S/C22H22ClN3O2/c23-19-8-4-5-16-17(19)6-3-7-18(16)22(27)25-15-21(20-9-1-2-10-24-20)26-11-13-28-14-12-26/h1-10,21H,11-15H2,(H,25,27). The summed E-state index contributed by atoms with van der Waals surface area (Å²) in [5, 5.41) is 5.48. The summed E-state index contributed by atoms with van der Waals surface area (Å²) in [6.45, 7) is 3.51. The van der Waals surface area contributed by atoms with E-state index in [2.05, 4.69) is 15.2 Å². The number of ether oxygens (including phenoxy) is 1. The van der Waals surface area contributed by atoms with Crippen molar-refractivity contribution < 1.29 is 9.53 Å². The summed E-state index contributed by atoms with van der Waals surface area (Å²) in [5.74, 6) is -0.109. The molecule has 1 amide bonds. The molecule has 1 fully saturated rings. The van der Waals surface area contributed by atoms with Gasteiger partial charge in [0.1, 0.15) is 0 Å². The number of nitrogens with one attached hydrogen (secondary N) is 1. The maximum atomic E-state index is 13.0. The number of hydrogen-bond acceptors (Lipinski definition) is 4. The fourth-order valence-electron chi connectivity index (χ4n) is 3.64. The summed E-state index contributed by atoms with van der Waals surface area (Å²) in [6.07, 6.45) is 1.79. The summed E-state index contributed by atoms with van der Waals surface area (Å²) >= 11 is 6.28. The first-order valence-electron chi connectivity index (χ1n) is 9.42. The number of pyridine rings is 1. The molecule has 1 N–H and O–H groups in total. The third kappa shape index (κ3) is 4.02. The second-order valence-corrected chi connectivity index (χ2v) is 7.18. The van der Waals surface area contributed by atoms with E-state index in [9.17, 15) is 4.79 Å². The first kappa shape index (κ1) is 18.9. The zero-order valence-electron chi connectivity index (χ0n) is 15.5. The Morgan fingerprint density at radius 2 is 1.86 bits per heavy atom. The summed E-state index contributed by atoms with van der Waals surface area (Å²) in [6, 6.07) is 17.1. The molecule has 3 aromatic rings. The van der Waals surface area contributed by atoms with Crippen LogP contribution in [0.2, 0.25) is 5.02 Å². The Labute approximate surface area is 169 Å². The highest BCUT2D eigenvalue weighted by atomic mass is 35.5. The topological polar surface area (TPSA) is 54.5 Å². The molecule has 1 saturated heterocycles. The molecule has 144 valence electrons. The predicted octanol–water partition coefficient (Wildman–Crippen LogP) is 3.69. The van der Waals surface area contributed by atoms with Gasteiger partial charge in [-0.05, 0) is 29.7 Å². The molecule has 2 aromatic carbocycles. The fourth-order valence-corrected chi connectivity index (χ4v) is 3.87. The van der Waals surface area contributed by atoms with Crippen molar-refractivity contribution in [2.45, 2.75) is 6.04 Å². The van der Waals surface area contributed by atoms with Crippen LogP contribution in [0.5, 0.6) is 0 Å². The molecule has 0 aliphatic carbocycles. The van der Waals surface area contributed by atoms with E-state index in [1.165, 1.54) is 0 Å². The average molecular weight is 396 g/mol. The van der Waals surface area contributed by atoms with E-state index >= 15 is 0 Å². The summed E-state index contributed by atoms with van der Waals surface area (Å²) in [4.78, 5) is 19.8. The van der Waals surface area contributed by atoms with Crippen molar-refractivity contribution in [1.82, 2.24) is 15.2 Å². The number of nitrogens with zero attached hydrogens (tertiary/aromatic N) is 2. The van der Waals surface area contributed by atoms with Gasteiger partial charge >= 0.3 is 0 Å². The fraction of sp³-hybridized carbons (Fsp3) is 0.273. The Balaban J connectivity index is 1.56. The van der Waals surface area contributed by atoms with Gasteiger partial charge in [-0.3, -0.25) is 14.7 Å². The van der Waals surface area contributed by atoms with E-state index in [1.807, 2.05) is 54.6 Å². The van der Waals surface area contributed by atoms with Crippen LogP contribution in [-0.4, -0.2) is 48.6 Å². The van der Waals surface area contributed by atoms with Crippen molar-refractivity contribution in [2.75, 3.05) is 32.8 Å². The number of carbonyl (C=O) groups is 1. The van der Waals surface area contributed by atoms with E-state index in [-0.39, 0.29) is 11.9 Å². The minimum Gasteiger partial charge on any atom is -0.379 e. The van der Waals surface area contributed by atoms with Gasteiger partial charge in [-0.15, -0.1) is 0 Å². The zero-order chi connectivity index (χ0) is 19.3. The highest BCUT2D eigenvalue weighted by Gasteiger charge is 2.24. The van der Waals surface area contributed by atoms with Crippen molar-refractivity contribution in [3.8, 4) is 0 Å². The van der Waals surface area contributed by atoms with Crippen LogP contribution in [-0.2, 0) is 4.74 Å². The molecule has 5 nitrogen and oxygen atoms in total. The normalized spacial score (nSPS) is 16.0. The van der Waals surface area contributed by atoms with Crippen LogP contribution in [0.3, 0.4) is 0 Å². The minimum atomic E-state index is -0.109. The molecule has 1 aromatic heterocycles. The van der Waals surface area contributed by atoms with Crippen LogP contribution in [0.4, 0.5) is 0 Å². The molecule has 0 spiro atoms. The van der Waals surface area contributed by atoms with Crippen molar-refractivity contribution in [1.29, 1.82) is 0 Å². The van der Waals surface area contributed by atoms with Crippen LogP contribution >= 0.6 is 11.6 Å². The quantitative estimate of drug-likeness (QED) is 0.715. The molecule has 1 atom stereocenters. The molecule has 0 saturated carbocycles. The SMILES string of the molecule is O=C(NCC(c1ccccn1)N1CCOCC1)c1cccc2c(Cl)cccc12. The molecule has 1 aliphatic rings. The van der Waals surface area contributed by atoms with Crippen LogP contribution in [0.15, 0.2) is 60.8 Å². The first-order valence-corrected chi connectivity index (χ1v) is 9.80. The highest BCUT2D eigenvalue weighted by Crippen LogP contribution is 2.26. The van der Waals surface area contributed by atoms with E-state index in [1.54, 1.807) is 6.20 Å². The monoisotopic (exact) mass is 395 g/mol. The van der Waals surface area contributed by atoms with Gasteiger partial charge in [0.2, 0.25) is 0 Å². The lowest BCUT2D eigenvalue weighted by Gasteiger charge is -2.34. The number of morpholine rings is 1. The number of rotatable bonds is 5. The third-order valence-electron chi connectivity index (χ3n) is 5.09. The van der Waals surface area contributed by atoms with Gasteiger partial charge in [-0.2, -0.15) is 0 Å². The number of carbonyl (C=O) groups excluding carboxylic acids is 1. The molecule has 0 radical (unpaired) electrons. The Morgan fingerprint density at radius 3 is 2.64 bits per heavy atom. The Hall–Kier alpha value is -2.47. The van der Waals surface area contributed by atoms with Crippen LogP contribution in [0, 0.1) is 0 Å².